The van der Waals surface area contributed by atoms with E-state index < -0.39 is 81.0 Å². The van der Waals surface area contributed by atoms with Crippen LogP contribution in [0.2, 0.25) is 0 Å². The summed E-state index contributed by atoms with van der Waals surface area (Å²) in [6.07, 6.45) is 0. The molecular formula is C11H23N7. The van der Waals surface area contributed by atoms with E-state index in [1.807, 2.05) is 0 Å². The summed E-state index contributed by atoms with van der Waals surface area (Å²) in [5.74, 6) is 1.08. The molecule has 3 N–H and O–H groups in total. The van der Waals surface area contributed by atoms with Crippen LogP contribution in [0.5, 0.6) is 0 Å². The molecule has 0 atom stereocenters. The Hall–Kier alpha value is -1.63. The van der Waals surface area contributed by atoms with Gasteiger partial charge in [-0.1, -0.05) is 0 Å². The fourth-order valence-corrected chi connectivity index (χ4v) is 0.874. The number of hydrogen-bond donors (Lipinski definition) is 2. The van der Waals surface area contributed by atoms with E-state index in [0.717, 1.165) is 0 Å². The molecule has 0 spiro atoms. The van der Waals surface area contributed by atoms with Crippen molar-refractivity contribution in [2.75, 3.05) is 41.2 Å². The topological polar surface area (TPSA) is 83.2 Å². The first-order chi connectivity index (χ1) is 16.4. The van der Waals surface area contributed by atoms with Crippen LogP contribution >= 0.6 is 0 Å². The van der Waals surface area contributed by atoms with Gasteiger partial charge in [0, 0.05) is 53.4 Å². The highest BCUT2D eigenvalue weighted by atomic mass is 15.4. The molecule has 0 fully saturated rings. The van der Waals surface area contributed by atoms with Gasteiger partial charge < -0.3 is 9.80 Å². The standard InChI is InChI=1S/C11H23N7/c1-5-17(6-2)10-13-9(16-12)14-11(15-10)18(7-3)8-4/h5-8,12H2,1-4H3,(H,13,14,15,16)/i1D3,2D3,3D3,4D3,5D2,6D2,7D2,8D2. The molecule has 0 unspecified atom stereocenters. The second kappa shape index (κ2) is 6.95. The minimum Gasteiger partial charge on any atom is -0.341 e. The molecule has 7 nitrogen and oxygen atoms in total. The molecule has 1 heterocycles. The van der Waals surface area contributed by atoms with Gasteiger partial charge in [0.05, 0.1) is 0 Å². The number of anilines is 3. The second-order valence-corrected chi connectivity index (χ2v) is 2.52. The predicted molar refractivity (Wildman–Crippen MR) is 74.8 cm³/mol. The van der Waals surface area contributed by atoms with Gasteiger partial charge in [-0.05, 0) is 27.4 Å². The number of nitrogen functional groups attached to an aromatic ring is 1. The Balaban J connectivity index is 4.31. The number of nitrogens with one attached hydrogen (secondary N) is 1. The van der Waals surface area contributed by atoms with E-state index in [1.165, 1.54) is 0 Å². The molecular weight excluding hydrogens is 230 g/mol. The maximum Gasteiger partial charge on any atom is 0.243 e. The zero-order valence-corrected chi connectivity index (χ0v) is 8.81. The van der Waals surface area contributed by atoms with E-state index in [4.69, 9.17) is 33.3 Å². The quantitative estimate of drug-likeness (QED) is 0.563. The summed E-state index contributed by atoms with van der Waals surface area (Å²) in [4.78, 5) is 9.04. The third-order valence-electron chi connectivity index (χ3n) is 1.59. The maximum absolute atomic E-state index is 8.00. The van der Waals surface area contributed by atoms with Crippen LogP contribution in [0.3, 0.4) is 0 Å². The highest BCUT2D eigenvalue weighted by Gasteiger charge is 2.13. The normalized spacial score (nSPS) is 32.7. The van der Waals surface area contributed by atoms with Crippen molar-refractivity contribution < 1.29 is 27.4 Å². The zero-order chi connectivity index (χ0) is 30.7. The number of nitrogens with two attached hydrogens (primary N) is 1. The minimum absolute atomic E-state index is 0.583. The number of hydrazine groups is 1. The minimum atomic E-state index is -3.95. The Morgan fingerprint density at radius 1 is 1.00 bits per heavy atom. The Morgan fingerprint density at radius 3 is 1.78 bits per heavy atom. The Labute approximate surface area is 136 Å². The lowest BCUT2D eigenvalue weighted by atomic mass is 10.5. The van der Waals surface area contributed by atoms with Crippen LogP contribution in [0.1, 0.15) is 54.8 Å². The molecule has 0 aliphatic heterocycles. The molecule has 0 bridgehead atoms. The lowest BCUT2D eigenvalue weighted by Gasteiger charge is -2.23. The zero-order valence-electron chi connectivity index (χ0n) is 28.8. The van der Waals surface area contributed by atoms with Crippen LogP contribution in [-0.4, -0.2) is 40.9 Å². The summed E-state index contributed by atoms with van der Waals surface area (Å²) in [6.45, 7) is -31.1. The van der Waals surface area contributed by atoms with Gasteiger partial charge in [0.2, 0.25) is 17.8 Å². The molecule has 18 heavy (non-hydrogen) atoms. The van der Waals surface area contributed by atoms with Crippen LogP contribution in [0.25, 0.3) is 0 Å². The molecule has 0 aliphatic carbocycles. The van der Waals surface area contributed by atoms with Gasteiger partial charge in [-0.2, -0.15) is 15.0 Å². The van der Waals surface area contributed by atoms with Crippen LogP contribution in [0, 0.1) is 0 Å². The van der Waals surface area contributed by atoms with Gasteiger partial charge in [0.25, 0.3) is 0 Å². The molecule has 1 aromatic heterocycles. The number of hydrogen-bond acceptors (Lipinski definition) is 7. The number of aromatic nitrogens is 3. The summed E-state index contributed by atoms with van der Waals surface area (Å²) < 4.78 is 154. The Morgan fingerprint density at radius 2 is 1.44 bits per heavy atom. The summed E-state index contributed by atoms with van der Waals surface area (Å²) in [7, 11) is 0. The third-order valence-corrected chi connectivity index (χ3v) is 1.59. The summed E-state index contributed by atoms with van der Waals surface area (Å²) in [5.41, 5.74) is 1.71. The fourth-order valence-electron chi connectivity index (χ4n) is 0.874. The van der Waals surface area contributed by atoms with Crippen molar-refractivity contribution in [2.45, 2.75) is 27.4 Å². The number of rotatable bonds is 7. The summed E-state index contributed by atoms with van der Waals surface area (Å²) >= 11 is 0. The van der Waals surface area contributed by atoms with Gasteiger partial charge in [0.1, 0.15) is 0 Å². The average molecular weight is 273 g/mol. The molecule has 1 rings (SSSR count). The predicted octanol–water partition coefficient (Wildman–Crippen LogP) is 0.850. The molecule has 7 heteroatoms. The van der Waals surface area contributed by atoms with Crippen molar-refractivity contribution >= 4 is 17.8 Å². The molecule has 0 saturated heterocycles. The van der Waals surface area contributed by atoms with E-state index in [-0.39, 0.29) is 0 Å². The molecule has 0 aliphatic rings. The highest BCUT2D eigenvalue weighted by Crippen LogP contribution is 2.15. The van der Waals surface area contributed by atoms with Gasteiger partial charge in [-0.15, -0.1) is 0 Å². The Bertz CT molecular complexity index is 865. The molecule has 102 valence electrons. The fraction of sp³-hybridized carbons (Fsp3) is 0.727. The van der Waals surface area contributed by atoms with Crippen molar-refractivity contribution in [3.8, 4) is 0 Å². The molecule has 1 aromatic rings. The van der Waals surface area contributed by atoms with Crippen molar-refractivity contribution in [1.82, 2.24) is 15.0 Å². The van der Waals surface area contributed by atoms with Crippen molar-refractivity contribution in [3.63, 3.8) is 0 Å². The lowest BCUT2D eigenvalue weighted by Crippen LogP contribution is -2.29. The SMILES string of the molecule is [2H]C([2H])([2H])C([2H])([2H])N(c1nc(NN)nc(N(C([2H])([2H])C([2H])([2H])[2H])C([2H])([2H])C([2H])([2H])[2H])n1)C([2H])([2H])C([2H])([2H])[2H]. The summed E-state index contributed by atoms with van der Waals surface area (Å²) in [5, 5.41) is 0. The summed E-state index contributed by atoms with van der Waals surface area (Å²) in [6, 6.07) is 0. The van der Waals surface area contributed by atoms with E-state index in [1.54, 1.807) is 5.43 Å². The molecule has 0 saturated carbocycles. The first-order valence-corrected chi connectivity index (χ1v) is 4.22. The highest BCUT2D eigenvalue weighted by molar-refractivity contribution is 5.44. The van der Waals surface area contributed by atoms with E-state index in [2.05, 4.69) is 15.0 Å². The van der Waals surface area contributed by atoms with Gasteiger partial charge >= 0.3 is 0 Å². The average Bonchev–Trinajstić information content (AvgIpc) is 2.63. The van der Waals surface area contributed by atoms with E-state index in [9.17, 15) is 0 Å². The largest absolute Gasteiger partial charge is 0.341 e. The molecule has 0 amide bonds. The van der Waals surface area contributed by atoms with E-state index in [0.29, 0.717) is 0 Å². The molecule has 0 radical (unpaired) electrons. The van der Waals surface area contributed by atoms with Gasteiger partial charge in [-0.25, -0.2) is 5.84 Å². The molecule has 0 aromatic carbocycles. The first kappa shape index (κ1) is 2.92. The second-order valence-electron chi connectivity index (χ2n) is 2.52. The van der Waals surface area contributed by atoms with Crippen molar-refractivity contribution in [3.05, 3.63) is 0 Å². The van der Waals surface area contributed by atoms with Crippen LogP contribution < -0.4 is 21.1 Å². The van der Waals surface area contributed by atoms with Gasteiger partial charge in [0.15, 0.2) is 0 Å². The monoisotopic (exact) mass is 273 g/mol. The van der Waals surface area contributed by atoms with Crippen LogP contribution in [-0.2, 0) is 0 Å². The maximum atomic E-state index is 8.00. The third kappa shape index (κ3) is 3.19. The van der Waals surface area contributed by atoms with Gasteiger partial charge in [-0.3, -0.25) is 5.43 Å². The lowest BCUT2D eigenvalue weighted by molar-refractivity contribution is 0.777. The van der Waals surface area contributed by atoms with Crippen LogP contribution in [0.4, 0.5) is 17.8 Å². The Kier molecular flexibility index (Phi) is 1.13. The first-order valence-electron chi connectivity index (χ1n) is 14.2. The van der Waals surface area contributed by atoms with Crippen molar-refractivity contribution in [2.24, 2.45) is 5.84 Å². The van der Waals surface area contributed by atoms with Crippen LogP contribution in [0.15, 0.2) is 0 Å². The van der Waals surface area contributed by atoms with E-state index >= 15 is 0 Å². The van der Waals surface area contributed by atoms with Crippen molar-refractivity contribution in [1.29, 1.82) is 0 Å². The number of nitrogens with zero attached hydrogens (tertiary/aromatic N) is 5. The smallest absolute Gasteiger partial charge is 0.243 e.